The molecule has 0 aliphatic heterocycles. The molecule has 0 saturated carbocycles. The third-order valence-corrected chi connectivity index (χ3v) is 2.38. The Labute approximate surface area is 80.8 Å². The van der Waals surface area contributed by atoms with Gasteiger partial charge >= 0.3 is 19.6 Å². The van der Waals surface area contributed by atoms with Crippen molar-refractivity contribution in [1.29, 1.82) is 0 Å². The average Bonchev–Trinajstić information content (AvgIpc) is 2.15. The first-order valence-electron chi connectivity index (χ1n) is 3.60. The Morgan fingerprint density at radius 3 is 2.00 bits per heavy atom. The van der Waals surface area contributed by atoms with Crippen molar-refractivity contribution in [3.05, 3.63) is 30.3 Å². The molecule has 0 fully saturated rings. The molecule has 6 heteroatoms. The maximum atomic E-state index is 10.5. The molecule has 0 radical (unpaired) electrons. The molecule has 2 N–H and O–H groups in total. The van der Waals surface area contributed by atoms with Crippen LogP contribution in [0.5, 0.6) is 5.75 Å². The van der Waals surface area contributed by atoms with Crippen LogP contribution in [0.1, 0.15) is 0 Å². The molecule has 0 aliphatic rings. The zero-order valence-electron chi connectivity index (χ0n) is 6.95. The van der Waals surface area contributed by atoms with E-state index in [-0.39, 0.29) is 5.75 Å². The minimum Gasteiger partial charge on any atom is -0.475 e. The minimum atomic E-state index is -2.52. The number of rotatable bonds is 4. The highest BCUT2D eigenvalue weighted by molar-refractivity contribution is 7.84. The van der Waals surface area contributed by atoms with Crippen molar-refractivity contribution >= 4 is 19.6 Å². The molecule has 0 atom stereocenters. The van der Waals surface area contributed by atoms with Gasteiger partial charge in [-0.05, 0) is 12.1 Å². The van der Waals surface area contributed by atoms with Crippen molar-refractivity contribution in [2.24, 2.45) is 0 Å². The second kappa shape index (κ2) is 4.58. The molecule has 0 unspecified atom stereocenters. The van der Waals surface area contributed by atoms with Gasteiger partial charge < -0.3 is 14.7 Å². The van der Waals surface area contributed by atoms with Crippen LogP contribution in [0.3, 0.4) is 0 Å². The first-order chi connectivity index (χ1) is 6.61. The number of benzene rings is 1. The smallest absolute Gasteiger partial charge is 0.376 e. The molecule has 0 aliphatic carbocycles. The summed E-state index contributed by atoms with van der Waals surface area (Å²) in [5.41, 5.74) is -2.92. The first kappa shape index (κ1) is 10.5. The monoisotopic (exact) mass is 214 g/mol. The highest BCUT2D eigenvalue weighted by Gasteiger charge is 2.29. The van der Waals surface area contributed by atoms with Crippen molar-refractivity contribution in [2.45, 2.75) is 0 Å². The van der Waals surface area contributed by atoms with E-state index in [2.05, 4.69) is 0 Å². The molecule has 5 nitrogen and oxygen atoms in total. The topological polar surface area (TPSA) is 83.8 Å². The molecule has 0 aromatic heterocycles. The summed E-state index contributed by atoms with van der Waals surface area (Å²) in [5, 5.41) is 17.1. The molecule has 1 aromatic rings. The van der Waals surface area contributed by atoms with Crippen LogP contribution in [0.2, 0.25) is 0 Å². The van der Waals surface area contributed by atoms with Gasteiger partial charge in [-0.25, -0.2) is 9.59 Å². The van der Waals surface area contributed by atoms with Crippen LogP contribution in [0.4, 0.5) is 9.59 Å². The zero-order chi connectivity index (χ0) is 10.6. The maximum absolute atomic E-state index is 10.5. The lowest BCUT2D eigenvalue weighted by atomic mass is 10.3. The quantitative estimate of drug-likeness (QED) is 0.752. The van der Waals surface area contributed by atoms with Crippen molar-refractivity contribution in [3.8, 4) is 5.75 Å². The van der Waals surface area contributed by atoms with E-state index in [4.69, 9.17) is 14.7 Å². The molecule has 1 rings (SSSR count). The summed E-state index contributed by atoms with van der Waals surface area (Å²) in [4.78, 5) is 20.9. The van der Waals surface area contributed by atoms with Gasteiger partial charge in [-0.15, -0.1) is 0 Å². The maximum Gasteiger partial charge on any atom is 0.376 e. The Kier molecular flexibility index (Phi) is 3.42. The Morgan fingerprint density at radius 1 is 1.07 bits per heavy atom. The van der Waals surface area contributed by atoms with Gasteiger partial charge in [0.2, 0.25) is 0 Å². The molecule has 0 amide bonds. The molecule has 0 heterocycles. The van der Waals surface area contributed by atoms with Crippen LogP contribution in [0, 0.1) is 0 Å². The highest BCUT2D eigenvalue weighted by Crippen LogP contribution is 2.39. The average molecular weight is 214 g/mol. The van der Waals surface area contributed by atoms with Gasteiger partial charge in [0.05, 0.1) is 0 Å². The normalized spacial score (nSPS) is 9.79. The van der Waals surface area contributed by atoms with Gasteiger partial charge in [0, 0.05) is 0 Å². The SMILES string of the molecule is O=C(O)P(Oc1ccccc1)C(=O)O. The fraction of sp³-hybridized carbons (Fsp3) is 0. The third-order valence-electron chi connectivity index (χ3n) is 1.29. The fourth-order valence-electron chi connectivity index (χ4n) is 0.747. The second-order valence-electron chi connectivity index (χ2n) is 2.26. The number of carbonyl (C=O) groups is 2. The molecular weight excluding hydrogens is 207 g/mol. The van der Waals surface area contributed by atoms with Crippen molar-refractivity contribution in [1.82, 2.24) is 0 Å². The Balaban J connectivity index is 2.75. The lowest BCUT2D eigenvalue weighted by molar-refractivity contribution is 0.211. The van der Waals surface area contributed by atoms with Crippen LogP contribution < -0.4 is 4.52 Å². The van der Waals surface area contributed by atoms with Crippen molar-refractivity contribution in [3.63, 3.8) is 0 Å². The van der Waals surface area contributed by atoms with E-state index in [1.807, 2.05) is 0 Å². The highest BCUT2D eigenvalue weighted by atomic mass is 31.1. The van der Waals surface area contributed by atoms with Crippen molar-refractivity contribution in [2.75, 3.05) is 0 Å². The second-order valence-corrected chi connectivity index (χ2v) is 3.80. The molecule has 0 spiro atoms. The van der Waals surface area contributed by atoms with Crippen LogP contribution in [0.15, 0.2) is 30.3 Å². The van der Waals surface area contributed by atoms with E-state index in [1.54, 1.807) is 18.2 Å². The molecule has 0 bridgehead atoms. The third kappa shape index (κ3) is 2.71. The summed E-state index contributed by atoms with van der Waals surface area (Å²) in [7, 11) is -2.52. The van der Waals surface area contributed by atoms with Gasteiger partial charge in [0.15, 0.2) is 0 Å². The van der Waals surface area contributed by atoms with E-state index in [1.165, 1.54) is 12.1 Å². The largest absolute Gasteiger partial charge is 0.475 e. The van der Waals surface area contributed by atoms with E-state index in [0.29, 0.717) is 0 Å². The lowest BCUT2D eigenvalue weighted by Gasteiger charge is -2.08. The Morgan fingerprint density at radius 2 is 1.57 bits per heavy atom. The van der Waals surface area contributed by atoms with Gasteiger partial charge in [-0.1, -0.05) is 18.2 Å². The van der Waals surface area contributed by atoms with Gasteiger partial charge in [-0.2, -0.15) is 0 Å². The zero-order valence-corrected chi connectivity index (χ0v) is 7.85. The van der Waals surface area contributed by atoms with Crippen LogP contribution >= 0.6 is 8.15 Å². The Hall–Kier alpha value is -1.61. The fourth-order valence-corrected chi connectivity index (χ4v) is 1.40. The summed E-state index contributed by atoms with van der Waals surface area (Å²) in [6, 6.07) is 7.98. The Bertz CT molecular complexity index is 323. The standard InChI is InChI=1S/C8H7O5P/c9-7(10)14(8(11)12)13-6-4-2-1-3-5-6/h1-5H,(H,9,10)(H,11,12). The van der Waals surface area contributed by atoms with Crippen LogP contribution in [0.25, 0.3) is 0 Å². The number of para-hydroxylation sites is 1. The molecule has 74 valence electrons. The summed E-state index contributed by atoms with van der Waals surface area (Å²) in [5.74, 6) is 0.239. The van der Waals surface area contributed by atoms with Gasteiger partial charge in [0.25, 0.3) is 0 Å². The number of hydrogen-bond acceptors (Lipinski definition) is 3. The van der Waals surface area contributed by atoms with Crippen molar-refractivity contribution < 1.29 is 24.3 Å². The van der Waals surface area contributed by atoms with E-state index in [0.717, 1.165) is 0 Å². The summed E-state index contributed by atoms with van der Waals surface area (Å²) in [6.45, 7) is 0. The summed E-state index contributed by atoms with van der Waals surface area (Å²) in [6.07, 6.45) is 0. The molecule has 0 saturated heterocycles. The molecular formula is C8H7O5P. The van der Waals surface area contributed by atoms with E-state index in [9.17, 15) is 9.59 Å². The molecule has 14 heavy (non-hydrogen) atoms. The van der Waals surface area contributed by atoms with E-state index < -0.39 is 19.6 Å². The van der Waals surface area contributed by atoms with Crippen LogP contribution in [-0.4, -0.2) is 21.6 Å². The molecule has 1 aromatic carbocycles. The summed E-state index contributed by atoms with van der Waals surface area (Å²) < 4.78 is 4.80. The lowest BCUT2D eigenvalue weighted by Crippen LogP contribution is -2.05. The van der Waals surface area contributed by atoms with Crippen LogP contribution in [-0.2, 0) is 0 Å². The minimum absolute atomic E-state index is 0.239. The predicted molar refractivity (Wildman–Crippen MR) is 50.0 cm³/mol. The van der Waals surface area contributed by atoms with Gasteiger partial charge in [-0.3, -0.25) is 0 Å². The summed E-state index contributed by atoms with van der Waals surface area (Å²) >= 11 is 0. The number of carboxylic acid groups (broad SMARTS) is 2. The first-order valence-corrected chi connectivity index (χ1v) is 4.86. The number of hydrogen-bond donors (Lipinski definition) is 2. The van der Waals surface area contributed by atoms with E-state index >= 15 is 0 Å². The predicted octanol–water partition coefficient (Wildman–Crippen LogP) is 2.82. The van der Waals surface area contributed by atoms with Gasteiger partial charge in [0.1, 0.15) is 5.75 Å².